The smallest absolute Gasteiger partial charge is 0.258 e. The number of azo groups is 1. The van der Waals surface area contributed by atoms with Crippen LogP contribution in [0.3, 0.4) is 0 Å². The Kier molecular flexibility index (Phi) is 6.27. The standard InChI is InChI=1S/C23H20N6O2S/c1-15(2)16-7-9-17(10-8-16)22(26-25-18-11-13-19(14-12-18)29(30)31)27-28-23-24-20-5-3-4-6-21(20)32-23/h3-15H,1-2H3,(H,24,28)/b26-25+,27-22+. The van der Waals surface area contributed by atoms with Crippen molar-refractivity contribution in [3.63, 3.8) is 0 Å². The minimum absolute atomic E-state index is 0.000354. The van der Waals surface area contributed by atoms with Crippen LogP contribution in [0.4, 0.5) is 16.5 Å². The van der Waals surface area contributed by atoms with Crippen molar-refractivity contribution in [3.8, 4) is 0 Å². The molecule has 32 heavy (non-hydrogen) atoms. The van der Waals surface area contributed by atoms with Crippen molar-refractivity contribution in [1.29, 1.82) is 0 Å². The number of nitrogens with zero attached hydrogens (tertiary/aromatic N) is 5. The lowest BCUT2D eigenvalue weighted by Gasteiger charge is -2.06. The maximum Gasteiger partial charge on any atom is 0.269 e. The summed E-state index contributed by atoms with van der Waals surface area (Å²) >= 11 is 1.49. The summed E-state index contributed by atoms with van der Waals surface area (Å²) in [6, 6.07) is 21.7. The van der Waals surface area contributed by atoms with Gasteiger partial charge in [-0.3, -0.25) is 15.5 Å². The van der Waals surface area contributed by atoms with Crippen LogP contribution in [0, 0.1) is 10.1 Å². The molecule has 3 aromatic carbocycles. The molecule has 0 saturated heterocycles. The molecule has 0 aliphatic carbocycles. The van der Waals surface area contributed by atoms with Gasteiger partial charge in [0.2, 0.25) is 11.0 Å². The van der Waals surface area contributed by atoms with Crippen LogP contribution in [0.2, 0.25) is 0 Å². The molecular weight excluding hydrogens is 424 g/mol. The number of hydrazone groups is 1. The van der Waals surface area contributed by atoms with Crippen molar-refractivity contribution in [2.75, 3.05) is 5.43 Å². The van der Waals surface area contributed by atoms with Crippen LogP contribution in [0.1, 0.15) is 30.9 Å². The number of rotatable bonds is 6. The van der Waals surface area contributed by atoms with Gasteiger partial charge in [-0.1, -0.05) is 61.6 Å². The van der Waals surface area contributed by atoms with Crippen molar-refractivity contribution in [2.24, 2.45) is 15.3 Å². The molecule has 8 nitrogen and oxygen atoms in total. The number of fused-ring (bicyclic) bond motifs is 1. The summed E-state index contributed by atoms with van der Waals surface area (Å²) in [5.41, 5.74) is 6.36. The first-order chi connectivity index (χ1) is 15.5. The largest absolute Gasteiger partial charge is 0.269 e. The number of amidine groups is 1. The highest BCUT2D eigenvalue weighted by atomic mass is 32.1. The monoisotopic (exact) mass is 444 g/mol. The number of hydrogen-bond donors (Lipinski definition) is 1. The molecule has 0 unspecified atom stereocenters. The van der Waals surface area contributed by atoms with Gasteiger partial charge in [-0.2, -0.15) is 5.10 Å². The number of hydrogen-bond acceptors (Lipinski definition) is 7. The zero-order chi connectivity index (χ0) is 22.5. The van der Waals surface area contributed by atoms with E-state index in [2.05, 4.69) is 39.6 Å². The molecule has 0 amide bonds. The zero-order valence-electron chi connectivity index (χ0n) is 17.5. The fourth-order valence-electron chi connectivity index (χ4n) is 2.93. The molecular formula is C23H20N6O2S. The van der Waals surface area contributed by atoms with E-state index in [0.29, 0.717) is 22.6 Å². The van der Waals surface area contributed by atoms with E-state index in [1.54, 1.807) is 12.1 Å². The summed E-state index contributed by atoms with van der Waals surface area (Å²) < 4.78 is 1.06. The molecule has 160 valence electrons. The Morgan fingerprint density at radius 3 is 2.41 bits per heavy atom. The SMILES string of the molecule is CC(C)c1ccc(C(/N=N/c2ccc([N+](=O)[O-])cc2)=N\Nc2nc3ccccc3s2)cc1. The second-order valence-electron chi connectivity index (χ2n) is 7.28. The molecule has 0 fully saturated rings. The molecule has 0 saturated carbocycles. The first-order valence-electron chi connectivity index (χ1n) is 9.95. The predicted molar refractivity (Wildman–Crippen MR) is 128 cm³/mol. The van der Waals surface area contributed by atoms with E-state index in [1.165, 1.54) is 29.0 Å². The lowest BCUT2D eigenvalue weighted by Crippen LogP contribution is -2.01. The van der Waals surface area contributed by atoms with Gasteiger partial charge in [0.15, 0.2) is 0 Å². The summed E-state index contributed by atoms with van der Waals surface area (Å²) in [5.74, 6) is 0.782. The molecule has 0 spiro atoms. The minimum atomic E-state index is -0.452. The van der Waals surface area contributed by atoms with Gasteiger partial charge in [-0.05, 0) is 35.7 Å². The number of non-ortho nitro benzene ring substituents is 1. The number of nitrogens with one attached hydrogen (secondary N) is 1. The van der Waals surface area contributed by atoms with Crippen molar-refractivity contribution in [1.82, 2.24) is 4.98 Å². The van der Waals surface area contributed by atoms with E-state index in [0.717, 1.165) is 15.8 Å². The Labute approximate surface area is 188 Å². The average molecular weight is 445 g/mol. The average Bonchev–Trinajstić information content (AvgIpc) is 3.22. The molecule has 0 aliphatic heterocycles. The highest BCUT2D eigenvalue weighted by Gasteiger charge is 2.08. The Morgan fingerprint density at radius 2 is 1.75 bits per heavy atom. The van der Waals surface area contributed by atoms with E-state index in [1.807, 2.05) is 48.5 Å². The molecule has 4 rings (SSSR count). The van der Waals surface area contributed by atoms with E-state index in [-0.39, 0.29) is 5.69 Å². The third kappa shape index (κ3) is 5.01. The second-order valence-corrected chi connectivity index (χ2v) is 8.31. The van der Waals surface area contributed by atoms with Gasteiger partial charge in [0.05, 0.1) is 20.8 Å². The highest BCUT2D eigenvalue weighted by Crippen LogP contribution is 2.26. The topological polar surface area (TPSA) is 105 Å². The van der Waals surface area contributed by atoms with Gasteiger partial charge >= 0.3 is 0 Å². The van der Waals surface area contributed by atoms with Crippen LogP contribution in [-0.4, -0.2) is 15.7 Å². The summed E-state index contributed by atoms with van der Waals surface area (Å²) in [5, 5.41) is 24.4. The van der Waals surface area contributed by atoms with Crippen LogP contribution in [0.15, 0.2) is 88.1 Å². The van der Waals surface area contributed by atoms with Crippen LogP contribution in [-0.2, 0) is 0 Å². The number of aromatic nitrogens is 1. The third-order valence-electron chi connectivity index (χ3n) is 4.71. The van der Waals surface area contributed by atoms with Crippen molar-refractivity contribution in [3.05, 3.63) is 94.0 Å². The lowest BCUT2D eigenvalue weighted by atomic mass is 10.0. The fraction of sp³-hybridized carbons (Fsp3) is 0.130. The van der Waals surface area contributed by atoms with Gasteiger partial charge in [0.25, 0.3) is 5.69 Å². The molecule has 0 atom stereocenters. The molecule has 4 aromatic rings. The normalized spacial score (nSPS) is 12.0. The molecule has 0 radical (unpaired) electrons. The first kappa shape index (κ1) is 21.3. The molecule has 1 N–H and O–H groups in total. The summed E-state index contributed by atoms with van der Waals surface area (Å²) in [4.78, 5) is 14.9. The fourth-order valence-corrected chi connectivity index (χ4v) is 3.74. The summed E-state index contributed by atoms with van der Waals surface area (Å²) in [6.45, 7) is 4.26. The summed E-state index contributed by atoms with van der Waals surface area (Å²) in [6.07, 6.45) is 0. The van der Waals surface area contributed by atoms with Crippen LogP contribution >= 0.6 is 11.3 Å². The number of nitro groups is 1. The van der Waals surface area contributed by atoms with Gasteiger partial charge in [0, 0.05) is 17.7 Å². The maximum atomic E-state index is 10.8. The number of anilines is 1. The van der Waals surface area contributed by atoms with Gasteiger partial charge in [-0.25, -0.2) is 4.98 Å². The number of thiazole rings is 1. The Balaban J connectivity index is 1.63. The second kappa shape index (κ2) is 9.44. The minimum Gasteiger partial charge on any atom is -0.258 e. The van der Waals surface area contributed by atoms with Gasteiger partial charge in [-0.15, -0.1) is 10.2 Å². The van der Waals surface area contributed by atoms with Crippen molar-refractivity contribution < 1.29 is 4.92 Å². The van der Waals surface area contributed by atoms with Gasteiger partial charge < -0.3 is 0 Å². The molecule has 1 aromatic heterocycles. The maximum absolute atomic E-state index is 10.8. The number of benzene rings is 3. The number of para-hydroxylation sites is 1. The molecule has 9 heteroatoms. The first-order valence-corrected chi connectivity index (χ1v) is 10.8. The Bertz CT molecular complexity index is 1260. The third-order valence-corrected chi connectivity index (χ3v) is 5.65. The van der Waals surface area contributed by atoms with E-state index in [9.17, 15) is 10.1 Å². The van der Waals surface area contributed by atoms with E-state index >= 15 is 0 Å². The quantitative estimate of drug-likeness (QED) is 0.115. The van der Waals surface area contributed by atoms with E-state index < -0.39 is 4.92 Å². The molecule has 0 aliphatic rings. The van der Waals surface area contributed by atoms with Crippen LogP contribution in [0.5, 0.6) is 0 Å². The zero-order valence-corrected chi connectivity index (χ0v) is 18.3. The Morgan fingerprint density at radius 1 is 1.03 bits per heavy atom. The number of nitro benzene ring substituents is 1. The van der Waals surface area contributed by atoms with Crippen molar-refractivity contribution in [2.45, 2.75) is 19.8 Å². The molecule has 1 heterocycles. The van der Waals surface area contributed by atoms with E-state index in [4.69, 9.17) is 0 Å². The summed E-state index contributed by atoms with van der Waals surface area (Å²) in [7, 11) is 0. The highest BCUT2D eigenvalue weighted by molar-refractivity contribution is 7.22. The van der Waals surface area contributed by atoms with Crippen LogP contribution in [0.25, 0.3) is 10.2 Å². The lowest BCUT2D eigenvalue weighted by molar-refractivity contribution is -0.384. The van der Waals surface area contributed by atoms with Gasteiger partial charge in [0.1, 0.15) is 0 Å². The molecule has 0 bridgehead atoms. The Hall–Kier alpha value is -3.98. The van der Waals surface area contributed by atoms with Crippen molar-refractivity contribution >= 4 is 43.9 Å². The van der Waals surface area contributed by atoms with Crippen LogP contribution < -0.4 is 5.43 Å². The predicted octanol–water partition coefficient (Wildman–Crippen LogP) is 6.89.